The summed E-state index contributed by atoms with van der Waals surface area (Å²) in [5.74, 6) is -0.731. The van der Waals surface area contributed by atoms with Crippen LogP contribution in [0.5, 0.6) is 0 Å². The van der Waals surface area contributed by atoms with Gasteiger partial charge in [-0.05, 0) is 80.2 Å². The highest BCUT2D eigenvalue weighted by Gasteiger charge is 2.21. The molecule has 0 N–H and O–H groups in total. The molecule has 6 heteroatoms. The summed E-state index contributed by atoms with van der Waals surface area (Å²) in [4.78, 5) is 2.63. The number of piperidine rings is 1. The Morgan fingerprint density at radius 3 is 2.14 bits per heavy atom. The third-order valence-electron chi connectivity index (χ3n) is 5.85. The first-order chi connectivity index (χ1) is 13.8. The minimum absolute atomic E-state index is 0.209. The average molecular weight is 421 g/mol. The number of nitrogens with zero attached hydrogens (tertiary/aromatic N) is 1. The van der Waals surface area contributed by atoms with Gasteiger partial charge in [0, 0.05) is 18.2 Å². The minimum Gasteiger partial charge on any atom is -0.303 e. The van der Waals surface area contributed by atoms with Crippen molar-refractivity contribution in [2.45, 2.75) is 36.5 Å². The highest BCUT2D eigenvalue weighted by atomic mass is 32.2. The quantitative estimate of drug-likeness (QED) is 0.644. The van der Waals surface area contributed by atoms with E-state index in [-0.39, 0.29) is 10.8 Å². The molecular formula is C23H28F2NO2S. The van der Waals surface area contributed by atoms with Gasteiger partial charge in [-0.1, -0.05) is 25.5 Å². The molecule has 1 saturated heterocycles. The predicted octanol–water partition coefficient (Wildman–Crippen LogP) is 4.83. The van der Waals surface area contributed by atoms with Gasteiger partial charge < -0.3 is 4.90 Å². The normalized spacial score (nSPS) is 17.4. The van der Waals surface area contributed by atoms with E-state index < -0.39 is 21.5 Å². The zero-order chi connectivity index (χ0) is 21.0. The Morgan fingerprint density at radius 1 is 1.03 bits per heavy atom. The smallest absolute Gasteiger partial charge is 0.175 e. The fourth-order valence-electron chi connectivity index (χ4n) is 4.06. The number of sulfone groups is 1. The molecule has 3 rings (SSSR count). The van der Waals surface area contributed by atoms with Gasteiger partial charge in [-0.2, -0.15) is 0 Å². The Kier molecular flexibility index (Phi) is 7.06. The number of benzene rings is 2. The molecule has 0 aromatic heterocycles. The van der Waals surface area contributed by atoms with Crippen molar-refractivity contribution in [2.24, 2.45) is 5.92 Å². The van der Waals surface area contributed by atoms with Crippen LogP contribution in [-0.4, -0.2) is 39.2 Å². The Bertz CT molecular complexity index is 900. The molecule has 0 saturated carbocycles. The first-order valence-electron chi connectivity index (χ1n) is 10.0. The lowest BCUT2D eigenvalue weighted by atomic mass is 9.87. The molecule has 1 aliphatic heterocycles. The molecule has 0 unspecified atom stereocenters. The lowest BCUT2D eigenvalue weighted by Crippen LogP contribution is -2.34. The molecule has 0 bridgehead atoms. The lowest BCUT2D eigenvalue weighted by molar-refractivity contribution is 0.181. The van der Waals surface area contributed by atoms with Gasteiger partial charge in [0.15, 0.2) is 9.84 Å². The van der Waals surface area contributed by atoms with E-state index in [2.05, 4.69) is 11.8 Å². The first kappa shape index (κ1) is 21.9. The van der Waals surface area contributed by atoms with E-state index in [0.29, 0.717) is 17.9 Å². The molecule has 1 aliphatic rings. The van der Waals surface area contributed by atoms with Crippen LogP contribution in [0.25, 0.3) is 0 Å². The van der Waals surface area contributed by atoms with Gasteiger partial charge in [0.1, 0.15) is 11.6 Å². The van der Waals surface area contributed by atoms with Crippen molar-refractivity contribution in [1.82, 2.24) is 4.90 Å². The van der Waals surface area contributed by atoms with Gasteiger partial charge in [-0.15, -0.1) is 0 Å². The Labute approximate surface area is 172 Å². The van der Waals surface area contributed by atoms with E-state index in [0.717, 1.165) is 56.8 Å². The van der Waals surface area contributed by atoms with Gasteiger partial charge in [0.2, 0.25) is 0 Å². The number of hydrogen-bond acceptors (Lipinski definition) is 3. The highest BCUT2D eigenvalue weighted by Crippen LogP contribution is 2.31. The monoisotopic (exact) mass is 420 g/mol. The molecule has 0 amide bonds. The molecule has 157 valence electrons. The lowest BCUT2D eigenvalue weighted by Gasteiger charge is -2.32. The van der Waals surface area contributed by atoms with Crippen LogP contribution in [0.1, 0.15) is 42.7 Å². The SMILES string of the molecule is [CH2]CC1CCN(CC[C@H](c2ccc(S(C)(=O)=O)cc2)c2cc(F)cc(F)c2)CC1. The summed E-state index contributed by atoms with van der Waals surface area (Å²) < 4.78 is 51.2. The molecule has 0 aliphatic carbocycles. The molecule has 1 heterocycles. The second-order valence-electron chi connectivity index (χ2n) is 7.96. The van der Waals surface area contributed by atoms with E-state index in [1.807, 2.05) is 0 Å². The van der Waals surface area contributed by atoms with E-state index in [4.69, 9.17) is 0 Å². The number of halogens is 2. The van der Waals surface area contributed by atoms with Crippen LogP contribution in [0.4, 0.5) is 8.78 Å². The van der Waals surface area contributed by atoms with Crippen molar-refractivity contribution >= 4 is 9.84 Å². The van der Waals surface area contributed by atoms with E-state index >= 15 is 0 Å². The molecular weight excluding hydrogens is 392 g/mol. The topological polar surface area (TPSA) is 37.4 Å². The van der Waals surface area contributed by atoms with Crippen LogP contribution >= 0.6 is 0 Å². The fraction of sp³-hybridized carbons (Fsp3) is 0.435. The largest absolute Gasteiger partial charge is 0.303 e. The highest BCUT2D eigenvalue weighted by molar-refractivity contribution is 7.90. The van der Waals surface area contributed by atoms with E-state index in [9.17, 15) is 17.2 Å². The van der Waals surface area contributed by atoms with E-state index in [1.165, 1.54) is 12.1 Å². The molecule has 1 atom stereocenters. The zero-order valence-corrected chi connectivity index (χ0v) is 17.6. The Hall–Kier alpha value is -1.79. The Morgan fingerprint density at radius 2 is 1.62 bits per heavy atom. The second-order valence-corrected chi connectivity index (χ2v) is 9.97. The predicted molar refractivity (Wildman–Crippen MR) is 112 cm³/mol. The molecule has 29 heavy (non-hydrogen) atoms. The molecule has 1 radical (unpaired) electrons. The van der Waals surface area contributed by atoms with Crippen molar-refractivity contribution in [2.75, 3.05) is 25.9 Å². The summed E-state index contributed by atoms with van der Waals surface area (Å²) in [6.45, 7) is 6.84. The third kappa shape index (κ3) is 5.86. The summed E-state index contributed by atoms with van der Waals surface area (Å²) in [6, 6.07) is 10.2. The molecule has 1 fully saturated rings. The van der Waals surface area contributed by atoms with Crippen molar-refractivity contribution in [3.63, 3.8) is 0 Å². The van der Waals surface area contributed by atoms with Crippen molar-refractivity contribution in [3.05, 3.63) is 72.1 Å². The number of rotatable bonds is 7. The molecule has 0 spiro atoms. The summed E-state index contributed by atoms with van der Waals surface area (Å²) in [6.07, 6.45) is 5.09. The summed E-state index contributed by atoms with van der Waals surface area (Å²) >= 11 is 0. The van der Waals surface area contributed by atoms with Crippen molar-refractivity contribution in [1.29, 1.82) is 0 Å². The number of hydrogen-bond donors (Lipinski definition) is 0. The maximum atomic E-state index is 13.9. The maximum Gasteiger partial charge on any atom is 0.175 e. The molecule has 3 nitrogen and oxygen atoms in total. The van der Waals surface area contributed by atoms with Crippen molar-refractivity contribution in [3.8, 4) is 0 Å². The van der Waals surface area contributed by atoms with Gasteiger partial charge in [0.25, 0.3) is 0 Å². The fourth-order valence-corrected chi connectivity index (χ4v) is 4.69. The molecule has 2 aromatic rings. The van der Waals surface area contributed by atoms with Crippen LogP contribution in [0.15, 0.2) is 47.4 Å². The average Bonchev–Trinajstić information content (AvgIpc) is 2.67. The second kappa shape index (κ2) is 9.35. The van der Waals surface area contributed by atoms with Crippen molar-refractivity contribution < 1.29 is 17.2 Å². The van der Waals surface area contributed by atoms with Crippen LogP contribution in [0, 0.1) is 24.5 Å². The van der Waals surface area contributed by atoms with Gasteiger partial charge in [-0.3, -0.25) is 0 Å². The maximum absolute atomic E-state index is 13.9. The summed E-state index contributed by atoms with van der Waals surface area (Å²) in [7, 11) is -3.29. The van der Waals surface area contributed by atoms with Gasteiger partial charge >= 0.3 is 0 Å². The van der Waals surface area contributed by atoms with E-state index in [1.54, 1.807) is 24.3 Å². The van der Waals surface area contributed by atoms with Crippen LogP contribution in [0.3, 0.4) is 0 Å². The van der Waals surface area contributed by atoms with Crippen LogP contribution in [-0.2, 0) is 9.84 Å². The zero-order valence-electron chi connectivity index (χ0n) is 16.8. The number of likely N-dealkylation sites (tertiary alicyclic amines) is 1. The molecule has 2 aromatic carbocycles. The standard InChI is InChI=1S/C23H28F2NO2S/c1-3-17-8-11-26(12-9-17)13-10-23(19-14-20(24)16-21(25)15-19)18-4-6-22(7-5-18)29(2,27)28/h4-7,14-17,23H,1,3,8-13H2,2H3/t23-/m1/s1. The first-order valence-corrected chi connectivity index (χ1v) is 11.9. The summed E-state index contributed by atoms with van der Waals surface area (Å²) in [5.41, 5.74) is 1.43. The van der Waals surface area contributed by atoms with Crippen LogP contribution < -0.4 is 0 Å². The summed E-state index contributed by atoms with van der Waals surface area (Å²) in [5, 5.41) is 0. The van der Waals surface area contributed by atoms with Gasteiger partial charge in [0.05, 0.1) is 4.90 Å². The Balaban J connectivity index is 1.82. The van der Waals surface area contributed by atoms with Gasteiger partial charge in [-0.25, -0.2) is 17.2 Å². The van der Waals surface area contributed by atoms with Crippen LogP contribution in [0.2, 0.25) is 0 Å². The third-order valence-corrected chi connectivity index (χ3v) is 6.98. The minimum atomic E-state index is -3.29.